The second kappa shape index (κ2) is 6.70. The molecule has 0 spiro atoms. The van der Waals surface area contributed by atoms with E-state index in [-0.39, 0.29) is 0 Å². The third-order valence-corrected chi connectivity index (χ3v) is 7.28. The molecular formula is C20H18N2O2S2. The smallest absolute Gasteiger partial charge is 0.264 e. The summed E-state index contributed by atoms with van der Waals surface area (Å²) < 4.78 is 27.5. The maximum Gasteiger partial charge on any atom is 0.264 e. The van der Waals surface area contributed by atoms with Crippen LogP contribution in [0.4, 0.5) is 11.4 Å². The predicted molar refractivity (Wildman–Crippen MR) is 107 cm³/mol. The van der Waals surface area contributed by atoms with Crippen LogP contribution in [0.2, 0.25) is 0 Å². The minimum Gasteiger partial charge on any atom is -0.266 e. The number of aryl methyl sites for hydroxylation is 1. The molecule has 1 aliphatic heterocycles. The molecule has 0 N–H and O–H groups in total. The molecule has 1 aliphatic rings. The average molecular weight is 383 g/mol. The minimum atomic E-state index is -3.55. The zero-order chi connectivity index (χ0) is 18.1. The summed E-state index contributed by atoms with van der Waals surface area (Å²) in [5, 5.41) is 2.03. The van der Waals surface area contributed by atoms with Gasteiger partial charge in [-0.1, -0.05) is 18.2 Å². The lowest BCUT2D eigenvalue weighted by Gasteiger charge is -2.19. The van der Waals surface area contributed by atoms with E-state index in [0.29, 0.717) is 11.4 Å². The molecule has 0 fully saturated rings. The summed E-state index contributed by atoms with van der Waals surface area (Å²) in [6.07, 6.45) is 2.57. The molecular weight excluding hydrogens is 364 g/mol. The van der Waals surface area contributed by atoms with E-state index in [0.717, 1.165) is 28.2 Å². The van der Waals surface area contributed by atoms with Crippen molar-refractivity contribution < 1.29 is 8.42 Å². The number of aliphatic imine (C=N–C) groups is 1. The Balaban J connectivity index is 1.59. The fourth-order valence-corrected chi connectivity index (χ4v) is 5.33. The first-order chi connectivity index (χ1) is 12.6. The van der Waals surface area contributed by atoms with Gasteiger partial charge in [-0.15, -0.1) is 11.3 Å². The van der Waals surface area contributed by atoms with Gasteiger partial charge >= 0.3 is 0 Å². The molecule has 4 rings (SSSR count). The van der Waals surface area contributed by atoms with E-state index in [2.05, 4.69) is 11.1 Å². The quantitative estimate of drug-likeness (QED) is 0.621. The number of para-hydroxylation sites is 1. The Kier molecular flexibility index (Phi) is 4.38. The number of hydrogen-bond donors (Lipinski definition) is 0. The number of fused-ring (bicyclic) bond motifs is 1. The van der Waals surface area contributed by atoms with Gasteiger partial charge < -0.3 is 0 Å². The topological polar surface area (TPSA) is 49.7 Å². The maximum absolute atomic E-state index is 13.0. The molecule has 0 amide bonds. The van der Waals surface area contributed by atoms with Crippen LogP contribution in [0.25, 0.3) is 0 Å². The Morgan fingerprint density at radius 2 is 1.85 bits per heavy atom. The Bertz CT molecular complexity index is 1070. The highest BCUT2D eigenvalue weighted by Gasteiger charge is 2.30. The van der Waals surface area contributed by atoms with Crippen LogP contribution < -0.4 is 4.31 Å². The lowest BCUT2D eigenvalue weighted by Crippen LogP contribution is -2.29. The highest BCUT2D eigenvalue weighted by Crippen LogP contribution is 2.33. The highest BCUT2D eigenvalue weighted by molar-refractivity contribution is 7.92. The second-order valence-electron chi connectivity index (χ2n) is 6.18. The lowest BCUT2D eigenvalue weighted by atomic mass is 10.2. The van der Waals surface area contributed by atoms with Crippen LogP contribution in [-0.4, -0.2) is 21.2 Å². The molecule has 2 aromatic carbocycles. The van der Waals surface area contributed by atoms with Gasteiger partial charge in [0.1, 0.15) is 0 Å². The molecule has 26 heavy (non-hydrogen) atoms. The van der Waals surface area contributed by atoms with E-state index in [4.69, 9.17) is 0 Å². The zero-order valence-electron chi connectivity index (χ0n) is 14.3. The Morgan fingerprint density at radius 3 is 2.58 bits per heavy atom. The van der Waals surface area contributed by atoms with Gasteiger partial charge in [0.2, 0.25) is 0 Å². The van der Waals surface area contributed by atoms with Gasteiger partial charge in [0.05, 0.1) is 16.3 Å². The van der Waals surface area contributed by atoms with Crippen LogP contribution >= 0.6 is 11.3 Å². The Morgan fingerprint density at radius 1 is 1.08 bits per heavy atom. The highest BCUT2D eigenvalue weighted by atomic mass is 32.2. The van der Waals surface area contributed by atoms with E-state index in [9.17, 15) is 8.42 Å². The number of thiophene rings is 1. The molecule has 0 radical (unpaired) electrons. The van der Waals surface area contributed by atoms with Crippen molar-refractivity contribution in [3.8, 4) is 0 Å². The predicted octanol–water partition coefficient (Wildman–Crippen LogP) is 4.56. The van der Waals surface area contributed by atoms with Crippen LogP contribution in [0.15, 0.2) is 69.9 Å². The van der Waals surface area contributed by atoms with Crippen molar-refractivity contribution in [3.63, 3.8) is 0 Å². The molecule has 0 bridgehead atoms. The molecule has 4 nitrogen and oxygen atoms in total. The van der Waals surface area contributed by atoms with Gasteiger partial charge in [0.25, 0.3) is 10.0 Å². The fourth-order valence-electron chi connectivity index (χ4n) is 3.04. The van der Waals surface area contributed by atoms with Crippen LogP contribution in [-0.2, 0) is 16.4 Å². The number of sulfonamides is 1. The molecule has 0 aliphatic carbocycles. The van der Waals surface area contributed by atoms with Crippen molar-refractivity contribution in [2.24, 2.45) is 4.99 Å². The summed E-state index contributed by atoms with van der Waals surface area (Å²) in [5.74, 6) is 0. The fraction of sp³-hybridized carbons (Fsp3) is 0.150. The number of nitrogens with zero attached hydrogens (tertiary/aromatic N) is 2. The van der Waals surface area contributed by atoms with Crippen molar-refractivity contribution in [1.82, 2.24) is 0 Å². The molecule has 0 atom stereocenters. The molecule has 0 saturated heterocycles. The van der Waals surface area contributed by atoms with Crippen LogP contribution in [0.5, 0.6) is 0 Å². The van der Waals surface area contributed by atoms with Gasteiger partial charge in [-0.2, -0.15) is 0 Å². The standard InChI is InChI=1S/C20H18N2O2S2/c1-15-11-13-25-20(15)14-21-17-6-8-18(9-7-17)26(23,24)22-12-10-16-4-2-3-5-19(16)22/h2-9,11,13-14H,10,12H2,1H3. The largest absolute Gasteiger partial charge is 0.266 e. The minimum absolute atomic E-state index is 0.292. The second-order valence-corrected chi connectivity index (χ2v) is 8.99. The average Bonchev–Trinajstić information content (AvgIpc) is 3.26. The van der Waals surface area contributed by atoms with E-state index in [1.165, 1.54) is 9.87 Å². The Hall–Kier alpha value is -2.44. The van der Waals surface area contributed by atoms with E-state index in [1.54, 1.807) is 35.6 Å². The zero-order valence-corrected chi connectivity index (χ0v) is 15.9. The summed E-state index contributed by atoms with van der Waals surface area (Å²) in [6.45, 7) is 2.53. The number of anilines is 1. The summed E-state index contributed by atoms with van der Waals surface area (Å²) in [4.78, 5) is 5.84. The molecule has 0 saturated carbocycles. The van der Waals surface area contributed by atoms with Crippen LogP contribution in [0.1, 0.15) is 16.0 Å². The van der Waals surface area contributed by atoms with Crippen molar-refractivity contribution in [1.29, 1.82) is 0 Å². The van der Waals surface area contributed by atoms with E-state index < -0.39 is 10.0 Å². The molecule has 2 heterocycles. The molecule has 1 aromatic heterocycles. The van der Waals surface area contributed by atoms with Gasteiger partial charge in [-0.05, 0) is 66.2 Å². The third-order valence-electron chi connectivity index (χ3n) is 4.50. The number of hydrogen-bond acceptors (Lipinski definition) is 4. The SMILES string of the molecule is Cc1ccsc1C=Nc1ccc(S(=O)(=O)N2CCc3ccccc32)cc1. The summed E-state index contributed by atoms with van der Waals surface area (Å²) >= 11 is 1.63. The molecule has 3 aromatic rings. The van der Waals surface area contributed by atoms with Crippen molar-refractivity contribution in [3.05, 3.63) is 76.0 Å². The van der Waals surface area contributed by atoms with Crippen molar-refractivity contribution in [2.45, 2.75) is 18.2 Å². The normalized spacial score (nSPS) is 14.1. The van der Waals surface area contributed by atoms with Gasteiger partial charge in [-0.3, -0.25) is 9.30 Å². The maximum atomic E-state index is 13.0. The molecule has 132 valence electrons. The third kappa shape index (κ3) is 3.06. The van der Waals surface area contributed by atoms with Gasteiger partial charge in [-0.25, -0.2) is 8.42 Å². The van der Waals surface area contributed by atoms with Crippen molar-refractivity contribution >= 4 is 38.9 Å². The Labute approximate surface area is 157 Å². The summed E-state index contributed by atoms with van der Waals surface area (Å²) in [6, 6.07) is 16.5. The van der Waals surface area contributed by atoms with Gasteiger partial charge in [0.15, 0.2) is 0 Å². The van der Waals surface area contributed by atoms with E-state index in [1.807, 2.05) is 42.8 Å². The summed E-state index contributed by atoms with van der Waals surface area (Å²) in [5.41, 5.74) is 3.77. The van der Waals surface area contributed by atoms with Crippen molar-refractivity contribution in [2.75, 3.05) is 10.8 Å². The summed E-state index contributed by atoms with van der Waals surface area (Å²) in [7, 11) is -3.55. The first-order valence-electron chi connectivity index (χ1n) is 8.34. The molecule has 0 unspecified atom stereocenters. The number of rotatable bonds is 4. The van der Waals surface area contributed by atoms with E-state index >= 15 is 0 Å². The molecule has 6 heteroatoms. The van der Waals surface area contributed by atoms with Crippen LogP contribution in [0.3, 0.4) is 0 Å². The first-order valence-corrected chi connectivity index (χ1v) is 10.7. The van der Waals surface area contributed by atoms with Crippen LogP contribution in [0, 0.1) is 6.92 Å². The van der Waals surface area contributed by atoms with Gasteiger partial charge in [0, 0.05) is 17.6 Å². The monoisotopic (exact) mass is 382 g/mol. The first kappa shape index (κ1) is 17.0. The lowest BCUT2D eigenvalue weighted by molar-refractivity contribution is 0.592. The number of benzene rings is 2.